The summed E-state index contributed by atoms with van der Waals surface area (Å²) in [5.74, 6) is -0.743. The van der Waals surface area contributed by atoms with Crippen molar-refractivity contribution in [3.05, 3.63) is 28.8 Å². The van der Waals surface area contributed by atoms with E-state index >= 15 is 0 Å². The fourth-order valence-corrected chi connectivity index (χ4v) is 3.73. The molecule has 23 heavy (non-hydrogen) atoms. The number of halogens is 1. The van der Waals surface area contributed by atoms with Gasteiger partial charge in [-0.2, -0.15) is 0 Å². The van der Waals surface area contributed by atoms with Crippen LogP contribution < -0.4 is 10.2 Å². The zero-order chi connectivity index (χ0) is 16.4. The number of aliphatic hydroxyl groups is 1. The molecule has 6 heteroatoms. The SMILES string of the molecule is O=C(NC1CCC(CO)CC1)C(=O)N1CCc2c(Cl)cccc21. The molecule has 0 spiro atoms. The Kier molecular flexibility index (Phi) is 4.87. The molecule has 2 amide bonds. The highest BCUT2D eigenvalue weighted by atomic mass is 35.5. The zero-order valence-electron chi connectivity index (χ0n) is 12.9. The molecule has 1 heterocycles. The Labute approximate surface area is 140 Å². The average Bonchev–Trinajstić information content (AvgIpc) is 3.00. The average molecular weight is 337 g/mol. The highest BCUT2D eigenvalue weighted by molar-refractivity contribution is 6.41. The first kappa shape index (κ1) is 16.3. The van der Waals surface area contributed by atoms with Crippen molar-refractivity contribution in [2.24, 2.45) is 5.92 Å². The van der Waals surface area contributed by atoms with E-state index < -0.39 is 11.8 Å². The predicted octanol–water partition coefficient (Wildman–Crippen LogP) is 1.90. The Morgan fingerprint density at radius 1 is 1.26 bits per heavy atom. The van der Waals surface area contributed by atoms with E-state index in [1.807, 2.05) is 6.07 Å². The van der Waals surface area contributed by atoms with Crippen molar-refractivity contribution < 1.29 is 14.7 Å². The molecule has 0 bridgehead atoms. The van der Waals surface area contributed by atoms with E-state index in [0.717, 1.165) is 36.9 Å². The maximum Gasteiger partial charge on any atom is 0.316 e. The number of fused-ring (bicyclic) bond motifs is 1. The number of hydrogen-bond acceptors (Lipinski definition) is 3. The predicted molar refractivity (Wildman–Crippen MR) is 88.5 cm³/mol. The van der Waals surface area contributed by atoms with Gasteiger partial charge in [-0.1, -0.05) is 17.7 Å². The summed E-state index contributed by atoms with van der Waals surface area (Å²) in [6.45, 7) is 0.688. The van der Waals surface area contributed by atoms with Gasteiger partial charge in [-0.15, -0.1) is 0 Å². The summed E-state index contributed by atoms with van der Waals surface area (Å²) in [5, 5.41) is 12.6. The zero-order valence-corrected chi connectivity index (χ0v) is 13.7. The van der Waals surface area contributed by atoms with Gasteiger partial charge in [-0.25, -0.2) is 0 Å². The van der Waals surface area contributed by atoms with Crippen molar-refractivity contribution in [3.8, 4) is 0 Å². The normalized spacial score (nSPS) is 23.5. The number of anilines is 1. The molecule has 5 nitrogen and oxygen atoms in total. The molecular formula is C17H21ClN2O3. The van der Waals surface area contributed by atoms with E-state index in [4.69, 9.17) is 16.7 Å². The molecule has 2 aliphatic rings. The van der Waals surface area contributed by atoms with Gasteiger partial charge in [0.15, 0.2) is 0 Å². The first-order valence-electron chi connectivity index (χ1n) is 8.10. The monoisotopic (exact) mass is 336 g/mol. The molecule has 0 unspecified atom stereocenters. The molecule has 0 saturated heterocycles. The van der Waals surface area contributed by atoms with Crippen LogP contribution in [0, 0.1) is 5.92 Å². The fourth-order valence-electron chi connectivity index (χ4n) is 3.46. The molecule has 1 aromatic carbocycles. The maximum atomic E-state index is 12.4. The molecule has 1 aliphatic carbocycles. The van der Waals surface area contributed by atoms with Crippen molar-refractivity contribution >= 4 is 29.1 Å². The van der Waals surface area contributed by atoms with E-state index in [1.165, 1.54) is 4.90 Å². The first-order chi connectivity index (χ1) is 11.1. The van der Waals surface area contributed by atoms with Gasteiger partial charge in [0.25, 0.3) is 0 Å². The second kappa shape index (κ2) is 6.89. The topological polar surface area (TPSA) is 69.6 Å². The number of nitrogens with zero attached hydrogens (tertiary/aromatic N) is 1. The number of hydrogen-bond donors (Lipinski definition) is 2. The molecule has 1 fully saturated rings. The summed E-state index contributed by atoms with van der Waals surface area (Å²) in [6, 6.07) is 5.44. The summed E-state index contributed by atoms with van der Waals surface area (Å²) < 4.78 is 0. The molecule has 0 atom stereocenters. The van der Waals surface area contributed by atoms with Crippen molar-refractivity contribution in [2.45, 2.75) is 38.1 Å². The summed E-state index contributed by atoms with van der Waals surface area (Å²) in [6.07, 6.45) is 4.07. The van der Waals surface area contributed by atoms with Crippen LogP contribution in [0.15, 0.2) is 18.2 Å². The standard InChI is InChI=1S/C17H21ClN2O3/c18-14-2-1-3-15-13(14)8-9-20(15)17(23)16(22)19-12-6-4-11(10-21)5-7-12/h1-3,11-12,21H,4-10H2,(H,19,22). The maximum absolute atomic E-state index is 12.4. The van der Waals surface area contributed by atoms with Crippen LogP contribution >= 0.6 is 11.6 Å². The van der Waals surface area contributed by atoms with Gasteiger partial charge in [0.2, 0.25) is 0 Å². The van der Waals surface area contributed by atoms with E-state index in [-0.39, 0.29) is 12.6 Å². The fraction of sp³-hybridized carbons (Fsp3) is 0.529. The first-order valence-corrected chi connectivity index (χ1v) is 8.48. The largest absolute Gasteiger partial charge is 0.396 e. The Bertz CT molecular complexity index is 612. The second-order valence-corrected chi connectivity index (χ2v) is 6.73. The number of aliphatic hydroxyl groups excluding tert-OH is 1. The van der Waals surface area contributed by atoms with E-state index in [1.54, 1.807) is 12.1 Å². The van der Waals surface area contributed by atoms with E-state index in [9.17, 15) is 9.59 Å². The van der Waals surface area contributed by atoms with Gasteiger partial charge in [0.1, 0.15) is 0 Å². The summed E-state index contributed by atoms with van der Waals surface area (Å²) >= 11 is 6.14. The number of rotatable bonds is 2. The van der Waals surface area contributed by atoms with Crippen molar-refractivity contribution in [1.82, 2.24) is 5.32 Å². The van der Waals surface area contributed by atoms with Crippen LogP contribution in [0.4, 0.5) is 5.69 Å². The minimum atomic E-state index is -0.551. The molecule has 0 aromatic heterocycles. The van der Waals surface area contributed by atoms with Gasteiger partial charge in [0, 0.05) is 29.9 Å². The van der Waals surface area contributed by atoms with Crippen LogP contribution in [0.1, 0.15) is 31.2 Å². The van der Waals surface area contributed by atoms with Gasteiger partial charge >= 0.3 is 11.8 Å². The van der Waals surface area contributed by atoms with Crippen LogP contribution in [0.5, 0.6) is 0 Å². The third-order valence-electron chi connectivity index (χ3n) is 4.85. The number of nitrogens with one attached hydrogen (secondary N) is 1. The summed E-state index contributed by atoms with van der Waals surface area (Å²) in [7, 11) is 0. The van der Waals surface area contributed by atoms with E-state index in [0.29, 0.717) is 23.9 Å². The quantitative estimate of drug-likeness (QED) is 0.810. The van der Waals surface area contributed by atoms with Crippen LogP contribution in [0.2, 0.25) is 5.02 Å². The third-order valence-corrected chi connectivity index (χ3v) is 5.20. The smallest absolute Gasteiger partial charge is 0.316 e. The molecule has 2 N–H and O–H groups in total. The summed E-state index contributed by atoms with van der Waals surface area (Å²) in [5.41, 5.74) is 1.67. The molecule has 3 rings (SSSR count). The number of amides is 2. The second-order valence-electron chi connectivity index (χ2n) is 6.32. The Balaban J connectivity index is 1.61. The summed E-state index contributed by atoms with van der Waals surface area (Å²) in [4.78, 5) is 26.2. The molecule has 124 valence electrons. The molecule has 1 saturated carbocycles. The lowest BCUT2D eigenvalue weighted by Gasteiger charge is -2.28. The molecular weight excluding hydrogens is 316 g/mol. The molecule has 0 radical (unpaired) electrons. The molecule has 1 aromatic rings. The Morgan fingerprint density at radius 2 is 2.00 bits per heavy atom. The van der Waals surface area contributed by atoms with Gasteiger partial charge in [0.05, 0.1) is 0 Å². The van der Waals surface area contributed by atoms with Gasteiger partial charge in [-0.05, 0) is 55.7 Å². The highest BCUT2D eigenvalue weighted by Crippen LogP contribution is 2.33. The number of carbonyl (C=O) groups excluding carboxylic acids is 2. The van der Waals surface area contributed by atoms with Gasteiger partial charge < -0.3 is 15.3 Å². The Hall–Kier alpha value is -1.59. The third kappa shape index (κ3) is 3.35. The Morgan fingerprint density at radius 3 is 2.70 bits per heavy atom. The minimum Gasteiger partial charge on any atom is -0.396 e. The van der Waals surface area contributed by atoms with E-state index in [2.05, 4.69) is 5.32 Å². The van der Waals surface area contributed by atoms with Crippen LogP contribution in [-0.2, 0) is 16.0 Å². The van der Waals surface area contributed by atoms with Crippen LogP contribution in [0.3, 0.4) is 0 Å². The number of carbonyl (C=O) groups is 2. The lowest BCUT2D eigenvalue weighted by Crippen LogP contribution is -2.47. The minimum absolute atomic E-state index is 0.0238. The van der Waals surface area contributed by atoms with Gasteiger partial charge in [-0.3, -0.25) is 9.59 Å². The van der Waals surface area contributed by atoms with Crippen LogP contribution in [0.25, 0.3) is 0 Å². The van der Waals surface area contributed by atoms with Crippen molar-refractivity contribution in [1.29, 1.82) is 0 Å². The van der Waals surface area contributed by atoms with Crippen molar-refractivity contribution in [2.75, 3.05) is 18.1 Å². The lowest BCUT2D eigenvalue weighted by atomic mass is 9.86. The van der Waals surface area contributed by atoms with Crippen molar-refractivity contribution in [3.63, 3.8) is 0 Å². The number of benzene rings is 1. The van der Waals surface area contributed by atoms with Crippen LogP contribution in [-0.4, -0.2) is 36.1 Å². The molecule has 1 aliphatic heterocycles. The highest BCUT2D eigenvalue weighted by Gasteiger charge is 2.32. The lowest BCUT2D eigenvalue weighted by molar-refractivity contribution is -0.138.